The fraction of sp³-hybridized carbons (Fsp3) is 0.296. The maximum atomic E-state index is 13.3. The molecule has 4 rings (SSSR count). The lowest BCUT2D eigenvalue weighted by Crippen LogP contribution is -2.49. The Morgan fingerprint density at radius 2 is 1.44 bits per heavy atom. The van der Waals surface area contributed by atoms with Gasteiger partial charge in [-0.25, -0.2) is 8.42 Å². The van der Waals surface area contributed by atoms with Crippen LogP contribution in [0.15, 0.2) is 65.6 Å². The molecule has 1 amide bonds. The Hall–Kier alpha value is -3.32. The minimum absolute atomic E-state index is 0.0745. The number of hydrogen-bond donors (Lipinski definition) is 1. The lowest BCUT2D eigenvalue weighted by molar-refractivity contribution is 0.0746. The van der Waals surface area contributed by atoms with Crippen LogP contribution in [-0.2, 0) is 10.0 Å². The lowest BCUT2D eigenvalue weighted by atomic mass is 10.0. The highest BCUT2D eigenvalue weighted by Gasteiger charge is 2.25. The third-order valence-electron chi connectivity index (χ3n) is 6.62. The Morgan fingerprint density at radius 3 is 2.12 bits per heavy atom. The van der Waals surface area contributed by atoms with Crippen LogP contribution in [0.5, 0.6) is 0 Å². The van der Waals surface area contributed by atoms with Crippen LogP contribution in [0.3, 0.4) is 0 Å². The second-order valence-corrected chi connectivity index (χ2v) is 10.6. The average molecular weight is 478 g/mol. The summed E-state index contributed by atoms with van der Waals surface area (Å²) >= 11 is 0. The van der Waals surface area contributed by atoms with Crippen molar-refractivity contribution in [1.29, 1.82) is 0 Å². The summed E-state index contributed by atoms with van der Waals surface area (Å²) in [4.78, 5) is 17.7. The smallest absolute Gasteiger partial charge is 0.261 e. The highest BCUT2D eigenvalue weighted by Crippen LogP contribution is 2.26. The normalized spacial score (nSPS) is 14.2. The predicted octanol–water partition coefficient (Wildman–Crippen LogP) is 4.68. The van der Waals surface area contributed by atoms with Crippen molar-refractivity contribution < 1.29 is 13.2 Å². The third kappa shape index (κ3) is 4.80. The van der Waals surface area contributed by atoms with Crippen molar-refractivity contribution in [2.24, 2.45) is 0 Å². The van der Waals surface area contributed by atoms with Crippen LogP contribution in [0.25, 0.3) is 0 Å². The summed E-state index contributed by atoms with van der Waals surface area (Å²) in [6.45, 7) is 10.7. The summed E-state index contributed by atoms with van der Waals surface area (Å²) in [5, 5.41) is 0. The first-order valence-electron chi connectivity index (χ1n) is 11.5. The van der Waals surface area contributed by atoms with Crippen molar-refractivity contribution in [3.63, 3.8) is 0 Å². The molecule has 1 aliphatic heterocycles. The molecule has 0 atom stereocenters. The third-order valence-corrected chi connectivity index (χ3v) is 8.00. The molecular weight excluding hydrogens is 446 g/mol. The number of nitrogens with one attached hydrogen (secondary N) is 1. The van der Waals surface area contributed by atoms with Gasteiger partial charge in [0.15, 0.2) is 0 Å². The number of sulfonamides is 1. The van der Waals surface area contributed by atoms with Crippen molar-refractivity contribution in [2.45, 2.75) is 32.6 Å². The number of benzene rings is 3. The van der Waals surface area contributed by atoms with Crippen LogP contribution in [0.4, 0.5) is 11.4 Å². The maximum absolute atomic E-state index is 13.3. The highest BCUT2D eigenvalue weighted by molar-refractivity contribution is 7.92. The van der Waals surface area contributed by atoms with Gasteiger partial charge in [-0.1, -0.05) is 35.9 Å². The van der Waals surface area contributed by atoms with E-state index >= 15 is 0 Å². The lowest BCUT2D eigenvalue weighted by Gasteiger charge is -2.37. The molecule has 0 radical (unpaired) electrons. The van der Waals surface area contributed by atoms with Gasteiger partial charge in [0.2, 0.25) is 0 Å². The molecular formula is C27H31N3O3S. The molecule has 1 heterocycles. The number of nitrogens with zero attached hydrogens (tertiary/aromatic N) is 2. The van der Waals surface area contributed by atoms with Crippen molar-refractivity contribution in [3.05, 3.63) is 88.5 Å². The average Bonchev–Trinajstić information content (AvgIpc) is 2.82. The number of hydrogen-bond acceptors (Lipinski definition) is 4. The summed E-state index contributed by atoms with van der Waals surface area (Å²) in [7, 11) is -3.75. The molecule has 1 aliphatic rings. The zero-order valence-electron chi connectivity index (χ0n) is 20.1. The van der Waals surface area contributed by atoms with Crippen LogP contribution in [0.2, 0.25) is 0 Å². The second kappa shape index (κ2) is 9.50. The first-order valence-corrected chi connectivity index (χ1v) is 13.0. The van der Waals surface area contributed by atoms with Gasteiger partial charge in [-0.05, 0) is 74.7 Å². The molecule has 0 aromatic heterocycles. The van der Waals surface area contributed by atoms with Gasteiger partial charge in [0.05, 0.1) is 10.6 Å². The first-order chi connectivity index (χ1) is 16.2. The van der Waals surface area contributed by atoms with Crippen LogP contribution in [0.1, 0.15) is 32.6 Å². The Kier molecular flexibility index (Phi) is 6.66. The van der Waals surface area contributed by atoms with Crippen LogP contribution >= 0.6 is 0 Å². The van der Waals surface area contributed by atoms with E-state index in [2.05, 4.69) is 41.7 Å². The molecule has 1 N–H and O–H groups in total. The highest BCUT2D eigenvalue weighted by atomic mass is 32.2. The SMILES string of the molecule is Cc1ccc(S(=O)(=O)Nc2cccc(C(=O)N3CCN(c4cccc(C)c4C)CC3)c2C)cc1. The number of aryl methyl sites for hydroxylation is 2. The number of carbonyl (C=O) groups excluding carboxylic acids is 1. The molecule has 0 saturated carbocycles. The zero-order valence-corrected chi connectivity index (χ0v) is 20.9. The number of carbonyl (C=O) groups is 1. The minimum atomic E-state index is -3.75. The molecule has 1 fully saturated rings. The van der Waals surface area contributed by atoms with Gasteiger partial charge in [0.25, 0.3) is 15.9 Å². The van der Waals surface area contributed by atoms with Crippen LogP contribution in [-0.4, -0.2) is 45.4 Å². The number of piperazine rings is 1. The molecule has 1 saturated heterocycles. The van der Waals surface area contributed by atoms with E-state index in [-0.39, 0.29) is 10.8 Å². The fourth-order valence-corrected chi connectivity index (χ4v) is 5.42. The van der Waals surface area contributed by atoms with E-state index in [1.165, 1.54) is 16.8 Å². The zero-order chi connectivity index (χ0) is 24.5. The number of rotatable bonds is 5. The Balaban J connectivity index is 1.49. The summed E-state index contributed by atoms with van der Waals surface area (Å²) in [5.74, 6) is -0.0745. The molecule has 6 nitrogen and oxygen atoms in total. The molecule has 7 heteroatoms. The van der Waals surface area contributed by atoms with Gasteiger partial charge in [-0.2, -0.15) is 0 Å². The maximum Gasteiger partial charge on any atom is 0.261 e. The van der Waals surface area contributed by atoms with Crippen LogP contribution < -0.4 is 9.62 Å². The molecule has 34 heavy (non-hydrogen) atoms. The quantitative estimate of drug-likeness (QED) is 0.579. The van der Waals surface area contributed by atoms with Crippen LogP contribution in [0, 0.1) is 27.7 Å². The number of anilines is 2. The van der Waals surface area contributed by atoms with E-state index < -0.39 is 10.0 Å². The standard InChI is InChI=1S/C27H31N3O3S/c1-19-11-13-23(14-12-19)34(32,33)28-25-9-6-8-24(22(25)4)27(31)30-17-15-29(16-18-30)26-10-5-7-20(2)21(26)3/h5-14,28H,15-18H2,1-4H3. The fourth-order valence-electron chi connectivity index (χ4n) is 4.30. The first kappa shape index (κ1) is 23.8. The monoisotopic (exact) mass is 477 g/mol. The second-order valence-electron chi connectivity index (χ2n) is 8.89. The molecule has 0 spiro atoms. The summed E-state index contributed by atoms with van der Waals surface area (Å²) in [6.07, 6.45) is 0. The number of amides is 1. The molecule has 0 aliphatic carbocycles. The largest absolute Gasteiger partial charge is 0.368 e. The molecule has 0 unspecified atom stereocenters. The summed E-state index contributed by atoms with van der Waals surface area (Å²) in [5.41, 5.74) is 6.30. The topological polar surface area (TPSA) is 69.7 Å². The van der Waals surface area contributed by atoms with E-state index in [0.717, 1.165) is 18.7 Å². The van der Waals surface area contributed by atoms with Gasteiger partial charge in [0.1, 0.15) is 0 Å². The Labute approximate surface area is 202 Å². The molecule has 3 aromatic carbocycles. The molecule has 3 aromatic rings. The van der Waals surface area contributed by atoms with Crippen molar-refractivity contribution in [1.82, 2.24) is 4.90 Å². The summed E-state index contributed by atoms with van der Waals surface area (Å²) < 4.78 is 28.4. The van der Waals surface area contributed by atoms with E-state index in [9.17, 15) is 13.2 Å². The van der Waals surface area contributed by atoms with Gasteiger partial charge in [-0.15, -0.1) is 0 Å². The van der Waals surface area contributed by atoms with E-state index in [4.69, 9.17) is 0 Å². The minimum Gasteiger partial charge on any atom is -0.368 e. The summed E-state index contributed by atoms with van der Waals surface area (Å²) in [6, 6.07) is 18.2. The van der Waals surface area contributed by atoms with Crippen molar-refractivity contribution in [3.8, 4) is 0 Å². The Morgan fingerprint density at radius 1 is 0.794 bits per heavy atom. The van der Waals surface area contributed by atoms with Gasteiger partial charge >= 0.3 is 0 Å². The Bertz CT molecular complexity index is 1310. The van der Waals surface area contributed by atoms with Crippen molar-refractivity contribution >= 4 is 27.3 Å². The van der Waals surface area contributed by atoms with Gasteiger partial charge < -0.3 is 9.80 Å². The van der Waals surface area contributed by atoms with Gasteiger partial charge in [-0.3, -0.25) is 9.52 Å². The van der Waals surface area contributed by atoms with E-state index in [1.807, 2.05) is 11.8 Å². The van der Waals surface area contributed by atoms with E-state index in [1.54, 1.807) is 49.4 Å². The molecule has 0 bridgehead atoms. The van der Waals surface area contributed by atoms with E-state index in [0.29, 0.717) is 29.9 Å². The molecule has 178 valence electrons. The predicted molar refractivity (Wildman–Crippen MR) is 137 cm³/mol. The van der Waals surface area contributed by atoms with Gasteiger partial charge in [0, 0.05) is 37.4 Å². The van der Waals surface area contributed by atoms with Crippen molar-refractivity contribution in [2.75, 3.05) is 35.8 Å².